The molecular weight excluding hydrogens is 232 g/mol. The van der Waals surface area contributed by atoms with Gasteiger partial charge in [-0.05, 0) is 37.2 Å². The van der Waals surface area contributed by atoms with Gasteiger partial charge in [0.2, 0.25) is 0 Å². The first-order valence-electron chi connectivity index (χ1n) is 7.26. The summed E-state index contributed by atoms with van der Waals surface area (Å²) >= 11 is 0. The first-order chi connectivity index (χ1) is 9.31. The number of carbonyl (C=O) groups is 1. The molecule has 0 amide bonds. The summed E-state index contributed by atoms with van der Waals surface area (Å²) in [5, 5.41) is 0. The zero-order valence-electron chi connectivity index (χ0n) is 11.6. The molecule has 1 aromatic carbocycles. The van der Waals surface area contributed by atoms with Crippen molar-refractivity contribution in [3.8, 4) is 0 Å². The second kappa shape index (κ2) is 7.08. The summed E-state index contributed by atoms with van der Waals surface area (Å²) in [6.45, 7) is 2.15. The first-order valence-corrected chi connectivity index (χ1v) is 7.26. The topological polar surface area (TPSA) is 17.1 Å². The van der Waals surface area contributed by atoms with Crippen molar-refractivity contribution in [3.05, 3.63) is 54.1 Å². The molecule has 1 heteroatoms. The monoisotopic (exact) mass is 254 g/mol. The van der Waals surface area contributed by atoms with Crippen LogP contribution in [0.1, 0.15) is 44.6 Å². The minimum absolute atomic E-state index is 0.306. The van der Waals surface area contributed by atoms with Gasteiger partial charge in [-0.1, -0.05) is 55.5 Å². The van der Waals surface area contributed by atoms with E-state index in [0.717, 1.165) is 30.4 Å². The van der Waals surface area contributed by atoms with Crippen LogP contribution in [-0.2, 0) is 4.79 Å². The number of hydrogen-bond acceptors (Lipinski definition) is 1. The molecule has 0 N–H and O–H groups in total. The lowest BCUT2D eigenvalue weighted by Gasteiger charge is -2.03. The van der Waals surface area contributed by atoms with Gasteiger partial charge >= 0.3 is 0 Å². The summed E-state index contributed by atoms with van der Waals surface area (Å²) < 4.78 is 0. The fourth-order valence-electron chi connectivity index (χ4n) is 2.58. The molecule has 0 fully saturated rings. The van der Waals surface area contributed by atoms with E-state index in [1.54, 1.807) is 0 Å². The average Bonchev–Trinajstić information content (AvgIpc) is 2.81. The Kier molecular flexibility index (Phi) is 5.14. The summed E-state index contributed by atoms with van der Waals surface area (Å²) in [4.78, 5) is 12.0. The molecule has 0 unspecified atom stereocenters. The van der Waals surface area contributed by atoms with E-state index in [1.165, 1.54) is 6.42 Å². The summed E-state index contributed by atoms with van der Waals surface area (Å²) in [5.74, 6) is 0.748. The largest absolute Gasteiger partial charge is 0.294 e. The molecule has 0 saturated carbocycles. The van der Waals surface area contributed by atoms with Crippen LogP contribution in [0.15, 0.2) is 48.6 Å². The Morgan fingerprint density at radius 3 is 2.74 bits per heavy atom. The second-order valence-electron chi connectivity index (χ2n) is 5.14. The highest BCUT2D eigenvalue weighted by molar-refractivity contribution is 6.22. The number of rotatable bonds is 6. The number of Topliss-reactive ketones (excluding diaryl/α,β-unsaturated/α-hetero) is 1. The van der Waals surface area contributed by atoms with Crippen molar-refractivity contribution in [1.29, 1.82) is 0 Å². The Labute approximate surface area is 116 Å². The van der Waals surface area contributed by atoms with Crippen molar-refractivity contribution >= 4 is 11.4 Å². The van der Waals surface area contributed by atoms with E-state index in [0.29, 0.717) is 18.1 Å². The third kappa shape index (κ3) is 3.92. The van der Waals surface area contributed by atoms with E-state index in [-0.39, 0.29) is 0 Å². The summed E-state index contributed by atoms with van der Waals surface area (Å²) in [7, 11) is 0. The number of ketones is 1. The normalized spacial score (nSPS) is 19.1. The minimum Gasteiger partial charge on any atom is -0.294 e. The van der Waals surface area contributed by atoms with Crippen LogP contribution < -0.4 is 0 Å². The lowest BCUT2D eigenvalue weighted by atomic mass is 10.0. The van der Waals surface area contributed by atoms with Gasteiger partial charge in [0.25, 0.3) is 0 Å². The fourth-order valence-corrected chi connectivity index (χ4v) is 2.58. The van der Waals surface area contributed by atoms with E-state index in [1.807, 2.05) is 30.3 Å². The third-order valence-corrected chi connectivity index (χ3v) is 3.58. The number of allylic oxidation sites excluding steroid dienone is 4. The van der Waals surface area contributed by atoms with Crippen molar-refractivity contribution < 1.29 is 4.79 Å². The molecule has 0 bridgehead atoms. The molecule has 0 heterocycles. The maximum atomic E-state index is 12.0. The molecule has 1 aliphatic carbocycles. The zero-order valence-corrected chi connectivity index (χ0v) is 11.6. The van der Waals surface area contributed by atoms with Gasteiger partial charge in [-0.3, -0.25) is 4.79 Å². The molecule has 2 rings (SSSR count). The van der Waals surface area contributed by atoms with Gasteiger partial charge < -0.3 is 0 Å². The molecule has 0 spiro atoms. The molecule has 100 valence electrons. The summed E-state index contributed by atoms with van der Waals surface area (Å²) in [6, 6.07) is 10.0. The Hall–Kier alpha value is -1.63. The van der Waals surface area contributed by atoms with Crippen LogP contribution in [0.2, 0.25) is 0 Å². The fraction of sp³-hybridized carbons (Fsp3) is 0.389. The van der Waals surface area contributed by atoms with Crippen LogP contribution in [0.4, 0.5) is 0 Å². The molecule has 0 aromatic heterocycles. The second-order valence-corrected chi connectivity index (χ2v) is 5.14. The molecule has 0 aliphatic heterocycles. The standard InChI is InChI=1S/C18H22O/c1-2-3-4-5-7-10-15-13-17(18(19)14-15)16-11-8-6-9-12-16/h3-4,6,8-9,11-13,15H,2,5,7,10,14H2,1H3/b4-3+/t15-/m0/s1. The van der Waals surface area contributed by atoms with E-state index < -0.39 is 0 Å². The number of benzene rings is 1. The molecule has 1 atom stereocenters. The maximum Gasteiger partial charge on any atom is 0.163 e. The van der Waals surface area contributed by atoms with Gasteiger partial charge in [-0.25, -0.2) is 0 Å². The van der Waals surface area contributed by atoms with Gasteiger partial charge in [0, 0.05) is 12.0 Å². The van der Waals surface area contributed by atoms with Gasteiger partial charge in [0.05, 0.1) is 0 Å². The highest BCUT2D eigenvalue weighted by atomic mass is 16.1. The van der Waals surface area contributed by atoms with Crippen molar-refractivity contribution in [2.45, 2.75) is 39.0 Å². The molecule has 0 saturated heterocycles. The third-order valence-electron chi connectivity index (χ3n) is 3.58. The average molecular weight is 254 g/mol. The van der Waals surface area contributed by atoms with E-state index in [4.69, 9.17) is 0 Å². The molecular formula is C18H22O. The van der Waals surface area contributed by atoms with Crippen LogP contribution in [0.25, 0.3) is 5.57 Å². The van der Waals surface area contributed by atoms with Crippen molar-refractivity contribution in [3.63, 3.8) is 0 Å². The Morgan fingerprint density at radius 1 is 1.21 bits per heavy atom. The van der Waals surface area contributed by atoms with Crippen LogP contribution in [0, 0.1) is 5.92 Å². The highest BCUT2D eigenvalue weighted by Gasteiger charge is 2.24. The Morgan fingerprint density at radius 2 is 2.00 bits per heavy atom. The molecule has 19 heavy (non-hydrogen) atoms. The van der Waals surface area contributed by atoms with Crippen LogP contribution >= 0.6 is 0 Å². The Balaban J connectivity index is 1.90. The maximum absolute atomic E-state index is 12.0. The van der Waals surface area contributed by atoms with Crippen molar-refractivity contribution in [2.24, 2.45) is 5.92 Å². The predicted molar refractivity (Wildman–Crippen MR) is 80.8 cm³/mol. The van der Waals surface area contributed by atoms with E-state index in [9.17, 15) is 4.79 Å². The van der Waals surface area contributed by atoms with Gasteiger partial charge in [-0.2, -0.15) is 0 Å². The molecule has 1 aliphatic rings. The van der Waals surface area contributed by atoms with Gasteiger partial charge in [-0.15, -0.1) is 0 Å². The van der Waals surface area contributed by atoms with Crippen molar-refractivity contribution in [1.82, 2.24) is 0 Å². The lowest BCUT2D eigenvalue weighted by molar-refractivity contribution is -0.113. The lowest BCUT2D eigenvalue weighted by Crippen LogP contribution is -1.98. The van der Waals surface area contributed by atoms with Gasteiger partial charge in [0.1, 0.15) is 0 Å². The number of carbonyl (C=O) groups excluding carboxylic acids is 1. The summed E-state index contributed by atoms with van der Waals surface area (Å²) in [5.41, 5.74) is 2.00. The molecule has 1 nitrogen and oxygen atoms in total. The van der Waals surface area contributed by atoms with Crippen LogP contribution in [0.5, 0.6) is 0 Å². The zero-order chi connectivity index (χ0) is 13.5. The molecule has 1 aromatic rings. The Bertz CT molecular complexity index is 468. The minimum atomic E-state index is 0.306. The molecule has 0 radical (unpaired) electrons. The predicted octanol–water partition coefficient (Wildman–Crippen LogP) is 4.80. The first kappa shape index (κ1) is 13.8. The highest BCUT2D eigenvalue weighted by Crippen LogP contribution is 2.31. The quantitative estimate of drug-likeness (QED) is 0.526. The van der Waals surface area contributed by atoms with E-state index >= 15 is 0 Å². The van der Waals surface area contributed by atoms with E-state index in [2.05, 4.69) is 25.2 Å². The summed E-state index contributed by atoms with van der Waals surface area (Å²) in [6.07, 6.45) is 11.9. The number of hydrogen-bond donors (Lipinski definition) is 0. The SMILES string of the molecule is CC/C=C/CCC[C@H]1C=C(c2ccccc2)C(=O)C1. The smallest absolute Gasteiger partial charge is 0.163 e. The van der Waals surface area contributed by atoms with Crippen LogP contribution in [-0.4, -0.2) is 5.78 Å². The van der Waals surface area contributed by atoms with Gasteiger partial charge in [0.15, 0.2) is 5.78 Å². The van der Waals surface area contributed by atoms with Crippen LogP contribution in [0.3, 0.4) is 0 Å². The van der Waals surface area contributed by atoms with Crippen molar-refractivity contribution in [2.75, 3.05) is 0 Å². The number of unbranched alkanes of at least 4 members (excludes halogenated alkanes) is 1.